The van der Waals surface area contributed by atoms with Crippen molar-refractivity contribution in [1.82, 2.24) is 15.1 Å². The summed E-state index contributed by atoms with van der Waals surface area (Å²) in [5, 5.41) is 2.92. The Bertz CT molecular complexity index is 640. The molecule has 2 fully saturated rings. The highest BCUT2D eigenvalue weighted by Crippen LogP contribution is 2.40. The number of amides is 2. The topological polar surface area (TPSA) is 52.7 Å². The number of likely N-dealkylation sites (N-methyl/N-ethyl adjacent to an activating group) is 1. The van der Waals surface area contributed by atoms with Crippen LogP contribution in [0.3, 0.4) is 0 Å². The van der Waals surface area contributed by atoms with Crippen LogP contribution in [0.4, 0.5) is 0 Å². The summed E-state index contributed by atoms with van der Waals surface area (Å²) in [7, 11) is 1.79. The summed E-state index contributed by atoms with van der Waals surface area (Å²) < 4.78 is 0. The first-order valence-corrected chi connectivity index (χ1v) is 9.04. The van der Waals surface area contributed by atoms with Crippen molar-refractivity contribution in [2.45, 2.75) is 19.3 Å². The van der Waals surface area contributed by atoms with Crippen LogP contribution < -0.4 is 5.32 Å². The quantitative estimate of drug-likeness (QED) is 0.855. The summed E-state index contributed by atoms with van der Waals surface area (Å²) in [5.74, 6) is 0.400. The van der Waals surface area contributed by atoms with Crippen LogP contribution in [0.5, 0.6) is 0 Å². The summed E-state index contributed by atoms with van der Waals surface area (Å²) >= 11 is 0. The van der Waals surface area contributed by atoms with Crippen LogP contribution in [0.1, 0.15) is 24.8 Å². The maximum Gasteiger partial charge on any atom is 0.236 e. The second-order valence-corrected chi connectivity index (χ2v) is 7.18. The SMILES string of the molecule is CNCC(=O)N1CCC2(CC1)CC(=O)N(CC=Cc1ccccc1)C2.Cl. The van der Waals surface area contributed by atoms with Gasteiger partial charge in [0.15, 0.2) is 0 Å². The Kier molecular flexibility index (Phi) is 7.23. The van der Waals surface area contributed by atoms with E-state index in [0.717, 1.165) is 38.0 Å². The summed E-state index contributed by atoms with van der Waals surface area (Å²) in [6.07, 6.45) is 6.61. The predicted octanol–water partition coefficient (Wildman–Crippen LogP) is 2.18. The largest absolute Gasteiger partial charge is 0.342 e. The molecule has 26 heavy (non-hydrogen) atoms. The van der Waals surface area contributed by atoms with Gasteiger partial charge in [0.05, 0.1) is 6.54 Å². The predicted molar refractivity (Wildman–Crippen MR) is 106 cm³/mol. The zero-order valence-corrected chi connectivity index (χ0v) is 16.1. The van der Waals surface area contributed by atoms with Gasteiger partial charge >= 0.3 is 0 Å². The van der Waals surface area contributed by atoms with Crippen molar-refractivity contribution in [2.24, 2.45) is 5.41 Å². The Morgan fingerprint density at radius 2 is 1.92 bits per heavy atom. The summed E-state index contributed by atoms with van der Waals surface area (Å²) in [4.78, 5) is 28.3. The molecule has 0 aromatic heterocycles. The van der Waals surface area contributed by atoms with Crippen molar-refractivity contribution in [3.8, 4) is 0 Å². The van der Waals surface area contributed by atoms with E-state index < -0.39 is 0 Å². The fraction of sp³-hybridized carbons (Fsp3) is 0.500. The third-order valence-electron chi connectivity index (χ3n) is 5.35. The monoisotopic (exact) mass is 377 g/mol. The molecule has 2 heterocycles. The van der Waals surface area contributed by atoms with Crippen molar-refractivity contribution in [2.75, 3.05) is 39.8 Å². The number of rotatable bonds is 5. The van der Waals surface area contributed by atoms with Crippen LogP contribution >= 0.6 is 12.4 Å². The summed E-state index contributed by atoms with van der Waals surface area (Å²) in [6, 6.07) is 10.1. The van der Waals surface area contributed by atoms with Crippen molar-refractivity contribution in [3.63, 3.8) is 0 Å². The molecule has 3 rings (SSSR count). The lowest BCUT2D eigenvalue weighted by molar-refractivity contribution is -0.132. The highest BCUT2D eigenvalue weighted by atomic mass is 35.5. The van der Waals surface area contributed by atoms with E-state index in [2.05, 4.69) is 29.6 Å². The fourth-order valence-corrected chi connectivity index (χ4v) is 3.86. The fourth-order valence-electron chi connectivity index (χ4n) is 3.86. The minimum absolute atomic E-state index is 0. The molecule has 1 N–H and O–H groups in total. The third-order valence-corrected chi connectivity index (χ3v) is 5.35. The van der Waals surface area contributed by atoms with Crippen LogP contribution in [-0.2, 0) is 9.59 Å². The van der Waals surface area contributed by atoms with Crippen LogP contribution in [0.25, 0.3) is 6.08 Å². The summed E-state index contributed by atoms with van der Waals surface area (Å²) in [6.45, 7) is 3.40. The molecule has 0 aliphatic carbocycles. The van der Waals surface area contributed by atoms with Crippen LogP contribution in [0.15, 0.2) is 36.4 Å². The minimum Gasteiger partial charge on any atom is -0.342 e. The number of piperidine rings is 1. The highest BCUT2D eigenvalue weighted by Gasteiger charge is 2.44. The standard InChI is InChI=1S/C20H27N3O2.ClH/c1-21-15-19(25)22-12-9-20(10-13-22)14-18(24)23(16-20)11-5-8-17-6-3-2-4-7-17;/h2-8,21H,9-16H2,1H3;1H. The molecule has 1 aromatic rings. The average molecular weight is 378 g/mol. The number of hydrogen-bond donors (Lipinski definition) is 1. The number of carbonyl (C=O) groups excluding carboxylic acids is 2. The van der Waals surface area contributed by atoms with Crippen molar-refractivity contribution in [1.29, 1.82) is 0 Å². The molecule has 0 unspecified atom stereocenters. The molecule has 142 valence electrons. The van der Waals surface area contributed by atoms with E-state index in [-0.39, 0.29) is 29.6 Å². The van der Waals surface area contributed by atoms with E-state index in [1.165, 1.54) is 0 Å². The number of likely N-dealkylation sites (tertiary alicyclic amines) is 2. The zero-order chi connectivity index (χ0) is 17.7. The Morgan fingerprint density at radius 3 is 2.58 bits per heavy atom. The molecule has 2 amide bonds. The maximum atomic E-state index is 12.4. The van der Waals surface area contributed by atoms with Crippen LogP contribution in [0, 0.1) is 5.41 Å². The van der Waals surface area contributed by atoms with Gasteiger partial charge in [-0.3, -0.25) is 9.59 Å². The van der Waals surface area contributed by atoms with Gasteiger partial charge < -0.3 is 15.1 Å². The van der Waals surface area contributed by atoms with Crippen molar-refractivity contribution in [3.05, 3.63) is 42.0 Å². The van der Waals surface area contributed by atoms with Gasteiger partial charge in [0.1, 0.15) is 0 Å². The van der Waals surface area contributed by atoms with Gasteiger partial charge in [-0.1, -0.05) is 42.5 Å². The van der Waals surface area contributed by atoms with Gasteiger partial charge in [-0.25, -0.2) is 0 Å². The molecular formula is C20H28ClN3O2. The van der Waals surface area contributed by atoms with Gasteiger partial charge in [-0.15, -0.1) is 12.4 Å². The second kappa shape index (κ2) is 9.19. The highest BCUT2D eigenvalue weighted by molar-refractivity contribution is 5.85. The average Bonchev–Trinajstić information content (AvgIpc) is 2.92. The number of halogens is 1. The van der Waals surface area contributed by atoms with Gasteiger partial charge in [-0.2, -0.15) is 0 Å². The molecule has 2 aliphatic heterocycles. The zero-order valence-electron chi connectivity index (χ0n) is 15.3. The molecular weight excluding hydrogens is 350 g/mol. The normalized spacial score (nSPS) is 19.2. The Balaban J connectivity index is 0.00000243. The lowest BCUT2D eigenvalue weighted by Gasteiger charge is -2.38. The van der Waals surface area contributed by atoms with Crippen LogP contribution in [0.2, 0.25) is 0 Å². The number of hydrogen-bond acceptors (Lipinski definition) is 3. The van der Waals surface area contributed by atoms with E-state index in [1.807, 2.05) is 28.0 Å². The Morgan fingerprint density at radius 1 is 1.23 bits per heavy atom. The smallest absolute Gasteiger partial charge is 0.236 e. The van der Waals surface area contributed by atoms with Gasteiger partial charge in [0.2, 0.25) is 11.8 Å². The molecule has 0 radical (unpaired) electrons. The molecule has 2 aliphatic rings. The number of nitrogens with one attached hydrogen (secondary N) is 1. The molecule has 1 spiro atoms. The molecule has 5 nitrogen and oxygen atoms in total. The van der Waals surface area contributed by atoms with Gasteiger partial charge in [0.25, 0.3) is 0 Å². The number of carbonyl (C=O) groups is 2. The van der Waals surface area contributed by atoms with Crippen LogP contribution in [-0.4, -0.2) is 61.4 Å². The molecule has 0 saturated carbocycles. The molecule has 0 atom stereocenters. The summed E-state index contributed by atoms with van der Waals surface area (Å²) in [5.41, 5.74) is 1.22. The maximum absolute atomic E-state index is 12.4. The minimum atomic E-state index is 0. The number of nitrogens with zero attached hydrogens (tertiary/aromatic N) is 2. The Labute approximate surface area is 161 Å². The van der Waals surface area contributed by atoms with Crippen molar-refractivity contribution >= 4 is 30.3 Å². The first-order valence-electron chi connectivity index (χ1n) is 9.04. The second-order valence-electron chi connectivity index (χ2n) is 7.18. The lowest BCUT2D eigenvalue weighted by Crippen LogP contribution is -2.46. The van der Waals surface area contributed by atoms with E-state index in [0.29, 0.717) is 19.5 Å². The lowest BCUT2D eigenvalue weighted by atomic mass is 9.77. The molecule has 2 saturated heterocycles. The van der Waals surface area contributed by atoms with Crippen molar-refractivity contribution < 1.29 is 9.59 Å². The van der Waals surface area contributed by atoms with E-state index in [9.17, 15) is 9.59 Å². The van der Waals surface area contributed by atoms with E-state index in [1.54, 1.807) is 7.05 Å². The molecule has 6 heteroatoms. The third kappa shape index (κ3) is 4.86. The first-order chi connectivity index (χ1) is 12.1. The van der Waals surface area contributed by atoms with Gasteiger partial charge in [-0.05, 0) is 25.5 Å². The first kappa shape index (κ1) is 20.5. The Hall–Kier alpha value is -1.85. The van der Waals surface area contributed by atoms with Gasteiger partial charge in [0, 0.05) is 38.0 Å². The van der Waals surface area contributed by atoms with E-state index >= 15 is 0 Å². The molecule has 1 aromatic carbocycles. The van der Waals surface area contributed by atoms with E-state index in [4.69, 9.17) is 0 Å². The molecule has 0 bridgehead atoms. The number of benzene rings is 1.